The number of amides is 2. The Balaban J connectivity index is 2.24. The van der Waals surface area contributed by atoms with Gasteiger partial charge >= 0.3 is 0 Å². The molecule has 2 aromatic rings. The lowest BCUT2D eigenvalue weighted by molar-refractivity contribution is -0.115. The SMILES string of the molecule is CCOc1ccccc1C(=O)Nc1cccc(NC(=O)CC)c1C. The van der Waals surface area contributed by atoms with Crippen LogP contribution < -0.4 is 15.4 Å². The number of ether oxygens (including phenoxy) is 1. The molecule has 0 aromatic heterocycles. The molecule has 2 rings (SSSR count). The van der Waals surface area contributed by atoms with Gasteiger partial charge in [0.25, 0.3) is 5.91 Å². The minimum absolute atomic E-state index is 0.0664. The summed E-state index contributed by atoms with van der Waals surface area (Å²) in [7, 11) is 0. The van der Waals surface area contributed by atoms with Crippen LogP contribution in [-0.2, 0) is 4.79 Å². The van der Waals surface area contributed by atoms with Gasteiger partial charge in [-0.25, -0.2) is 0 Å². The Morgan fingerprint density at radius 1 is 0.958 bits per heavy atom. The summed E-state index contributed by atoms with van der Waals surface area (Å²) in [6.07, 6.45) is 0.401. The molecular weight excluding hydrogens is 304 g/mol. The predicted octanol–water partition coefficient (Wildman–Crippen LogP) is 3.99. The Hall–Kier alpha value is -2.82. The maximum Gasteiger partial charge on any atom is 0.259 e. The van der Waals surface area contributed by atoms with Gasteiger partial charge < -0.3 is 15.4 Å². The molecule has 0 atom stereocenters. The van der Waals surface area contributed by atoms with Gasteiger partial charge in [-0.2, -0.15) is 0 Å². The third kappa shape index (κ3) is 4.13. The normalized spacial score (nSPS) is 10.1. The van der Waals surface area contributed by atoms with Crippen LogP contribution in [0, 0.1) is 6.92 Å². The van der Waals surface area contributed by atoms with Gasteiger partial charge in [0.2, 0.25) is 5.91 Å². The minimum atomic E-state index is -0.249. The first-order valence-corrected chi connectivity index (χ1v) is 7.99. The van der Waals surface area contributed by atoms with Gasteiger partial charge in [-0.1, -0.05) is 25.1 Å². The van der Waals surface area contributed by atoms with Gasteiger partial charge in [-0.15, -0.1) is 0 Å². The van der Waals surface area contributed by atoms with E-state index < -0.39 is 0 Å². The molecule has 5 nitrogen and oxygen atoms in total. The fourth-order valence-electron chi connectivity index (χ4n) is 2.27. The van der Waals surface area contributed by atoms with Crippen molar-refractivity contribution in [3.63, 3.8) is 0 Å². The number of para-hydroxylation sites is 1. The maximum atomic E-state index is 12.6. The van der Waals surface area contributed by atoms with Crippen LogP contribution >= 0.6 is 0 Å². The first-order chi connectivity index (χ1) is 11.6. The van der Waals surface area contributed by atoms with Crippen LogP contribution in [0.3, 0.4) is 0 Å². The Morgan fingerprint density at radius 3 is 2.29 bits per heavy atom. The number of carbonyl (C=O) groups excluding carboxylic acids is 2. The van der Waals surface area contributed by atoms with Crippen LogP contribution in [0.2, 0.25) is 0 Å². The van der Waals surface area contributed by atoms with Gasteiger partial charge in [0.15, 0.2) is 0 Å². The van der Waals surface area contributed by atoms with E-state index in [1.165, 1.54) is 0 Å². The molecule has 24 heavy (non-hydrogen) atoms. The fraction of sp³-hybridized carbons (Fsp3) is 0.263. The second-order valence-electron chi connectivity index (χ2n) is 5.26. The molecule has 0 aliphatic heterocycles. The van der Waals surface area contributed by atoms with Crippen molar-refractivity contribution in [2.24, 2.45) is 0 Å². The summed E-state index contributed by atoms with van der Waals surface area (Å²) in [6.45, 7) is 6.01. The predicted molar refractivity (Wildman–Crippen MR) is 95.7 cm³/mol. The number of benzene rings is 2. The summed E-state index contributed by atoms with van der Waals surface area (Å²) in [4.78, 5) is 24.2. The van der Waals surface area contributed by atoms with Gasteiger partial charge in [-0.05, 0) is 43.7 Å². The molecule has 0 radical (unpaired) electrons. The zero-order chi connectivity index (χ0) is 17.5. The molecule has 0 spiro atoms. The van der Waals surface area contributed by atoms with Gasteiger partial charge in [0, 0.05) is 17.8 Å². The van der Waals surface area contributed by atoms with E-state index in [1.807, 2.05) is 26.0 Å². The van der Waals surface area contributed by atoms with Crippen molar-refractivity contribution >= 4 is 23.2 Å². The summed E-state index contributed by atoms with van der Waals surface area (Å²) >= 11 is 0. The number of hydrogen-bond donors (Lipinski definition) is 2. The number of rotatable bonds is 6. The van der Waals surface area contributed by atoms with Crippen molar-refractivity contribution in [1.82, 2.24) is 0 Å². The van der Waals surface area contributed by atoms with Crippen molar-refractivity contribution in [2.75, 3.05) is 17.2 Å². The fourth-order valence-corrected chi connectivity index (χ4v) is 2.27. The summed E-state index contributed by atoms with van der Waals surface area (Å²) in [6, 6.07) is 12.5. The maximum absolute atomic E-state index is 12.6. The van der Waals surface area contributed by atoms with Gasteiger partial charge in [0.1, 0.15) is 5.75 Å². The van der Waals surface area contributed by atoms with Gasteiger partial charge in [-0.3, -0.25) is 9.59 Å². The van der Waals surface area contributed by atoms with Crippen LogP contribution in [0.4, 0.5) is 11.4 Å². The Bertz CT molecular complexity index is 741. The Labute approximate surface area is 142 Å². The van der Waals surface area contributed by atoms with E-state index in [-0.39, 0.29) is 11.8 Å². The first kappa shape index (κ1) is 17.5. The second-order valence-corrected chi connectivity index (χ2v) is 5.26. The highest BCUT2D eigenvalue weighted by atomic mass is 16.5. The van der Waals surface area contributed by atoms with Crippen LogP contribution in [0.5, 0.6) is 5.75 Å². The number of anilines is 2. The molecule has 0 bridgehead atoms. The summed E-state index contributed by atoms with van der Waals surface area (Å²) in [5.41, 5.74) is 2.63. The zero-order valence-electron chi connectivity index (χ0n) is 14.2. The zero-order valence-corrected chi connectivity index (χ0v) is 14.2. The number of nitrogens with one attached hydrogen (secondary N) is 2. The topological polar surface area (TPSA) is 67.4 Å². The van der Waals surface area contributed by atoms with Gasteiger partial charge in [0.05, 0.1) is 12.2 Å². The summed E-state index contributed by atoms with van der Waals surface area (Å²) in [5, 5.41) is 5.72. The molecule has 2 amide bonds. The molecule has 0 saturated carbocycles. The van der Waals surface area contributed by atoms with E-state index in [1.54, 1.807) is 37.3 Å². The summed E-state index contributed by atoms with van der Waals surface area (Å²) in [5.74, 6) is 0.231. The van der Waals surface area contributed by atoms with E-state index in [0.717, 1.165) is 5.56 Å². The second kappa shape index (κ2) is 8.15. The van der Waals surface area contributed by atoms with E-state index in [4.69, 9.17) is 4.74 Å². The van der Waals surface area contributed by atoms with E-state index in [9.17, 15) is 9.59 Å². The van der Waals surface area contributed by atoms with E-state index in [2.05, 4.69) is 10.6 Å². The largest absolute Gasteiger partial charge is 0.493 e. The van der Waals surface area contributed by atoms with Crippen molar-refractivity contribution in [3.05, 3.63) is 53.6 Å². The lowest BCUT2D eigenvalue weighted by Gasteiger charge is -2.14. The lowest BCUT2D eigenvalue weighted by atomic mass is 10.1. The van der Waals surface area contributed by atoms with Crippen LogP contribution in [0.25, 0.3) is 0 Å². The Morgan fingerprint density at radius 2 is 1.62 bits per heavy atom. The van der Waals surface area contributed by atoms with Crippen molar-refractivity contribution < 1.29 is 14.3 Å². The average Bonchev–Trinajstić information content (AvgIpc) is 2.59. The lowest BCUT2D eigenvalue weighted by Crippen LogP contribution is -2.16. The number of hydrogen-bond acceptors (Lipinski definition) is 3. The molecule has 0 heterocycles. The van der Waals surface area contributed by atoms with Crippen molar-refractivity contribution in [3.8, 4) is 5.75 Å². The van der Waals surface area contributed by atoms with Crippen molar-refractivity contribution in [2.45, 2.75) is 27.2 Å². The molecule has 0 aliphatic rings. The van der Waals surface area contributed by atoms with E-state index in [0.29, 0.717) is 35.7 Å². The molecule has 0 aliphatic carbocycles. The third-order valence-electron chi connectivity index (χ3n) is 3.61. The molecule has 0 saturated heterocycles. The quantitative estimate of drug-likeness (QED) is 0.843. The average molecular weight is 326 g/mol. The minimum Gasteiger partial charge on any atom is -0.493 e. The van der Waals surface area contributed by atoms with E-state index >= 15 is 0 Å². The van der Waals surface area contributed by atoms with Crippen LogP contribution in [0.1, 0.15) is 36.2 Å². The highest BCUT2D eigenvalue weighted by Crippen LogP contribution is 2.25. The molecular formula is C19H22N2O3. The standard InChI is InChI=1S/C19H22N2O3/c1-4-18(22)20-15-10-8-11-16(13(15)3)21-19(23)14-9-6-7-12-17(14)24-5-2/h6-12H,4-5H2,1-3H3,(H,20,22)(H,21,23). The highest BCUT2D eigenvalue weighted by molar-refractivity contribution is 6.07. The first-order valence-electron chi connectivity index (χ1n) is 7.99. The van der Waals surface area contributed by atoms with Crippen LogP contribution in [0.15, 0.2) is 42.5 Å². The third-order valence-corrected chi connectivity index (χ3v) is 3.61. The molecule has 2 N–H and O–H groups in total. The van der Waals surface area contributed by atoms with Crippen LogP contribution in [-0.4, -0.2) is 18.4 Å². The Kier molecular flexibility index (Phi) is 5.95. The molecule has 0 unspecified atom stereocenters. The molecule has 5 heteroatoms. The number of carbonyl (C=O) groups is 2. The van der Waals surface area contributed by atoms with Crippen molar-refractivity contribution in [1.29, 1.82) is 0 Å². The molecule has 126 valence electrons. The molecule has 0 fully saturated rings. The monoisotopic (exact) mass is 326 g/mol. The molecule has 2 aromatic carbocycles. The summed E-state index contributed by atoms with van der Waals surface area (Å²) < 4.78 is 5.50. The highest BCUT2D eigenvalue weighted by Gasteiger charge is 2.14. The smallest absolute Gasteiger partial charge is 0.259 e.